The van der Waals surface area contributed by atoms with E-state index in [2.05, 4.69) is 19.1 Å². The largest absolute Gasteiger partial charge is 0.466 e. The van der Waals surface area contributed by atoms with Gasteiger partial charge in [0.15, 0.2) is 0 Å². The molecule has 0 spiro atoms. The van der Waals surface area contributed by atoms with E-state index in [-0.39, 0.29) is 17.9 Å². The van der Waals surface area contributed by atoms with Gasteiger partial charge in [-0.1, -0.05) is 70.4 Å². The van der Waals surface area contributed by atoms with Gasteiger partial charge in [-0.3, -0.25) is 4.79 Å². The van der Waals surface area contributed by atoms with E-state index in [0.29, 0.717) is 19.4 Å². The van der Waals surface area contributed by atoms with Gasteiger partial charge in [-0.2, -0.15) is 0 Å². The zero-order valence-electron chi connectivity index (χ0n) is 19.1. The summed E-state index contributed by atoms with van der Waals surface area (Å²) in [5.74, 6) is 0.228. The second kappa shape index (κ2) is 21.5. The number of esters is 1. The van der Waals surface area contributed by atoms with Gasteiger partial charge in [0.05, 0.1) is 12.7 Å². The van der Waals surface area contributed by atoms with Crippen molar-refractivity contribution in [3.05, 3.63) is 12.2 Å². The van der Waals surface area contributed by atoms with Crippen molar-refractivity contribution in [1.29, 1.82) is 0 Å². The third-order valence-corrected chi connectivity index (χ3v) is 5.15. The van der Waals surface area contributed by atoms with Gasteiger partial charge in [-0.15, -0.1) is 0 Å². The molecule has 0 unspecified atom stereocenters. The predicted molar refractivity (Wildman–Crippen MR) is 121 cm³/mol. The molecule has 0 heterocycles. The number of carbonyl (C=O) groups excluding carboxylic acids is 2. The number of aliphatic hydroxyl groups excluding tert-OH is 1. The second-order valence-electron chi connectivity index (χ2n) is 8.25. The van der Waals surface area contributed by atoms with E-state index < -0.39 is 0 Å². The summed E-state index contributed by atoms with van der Waals surface area (Å²) in [6.45, 7) is 4.37. The second-order valence-corrected chi connectivity index (χ2v) is 8.25. The molecular weight excluding hydrogens is 364 g/mol. The average Bonchev–Trinajstić information content (AvgIpc) is 2.69. The summed E-state index contributed by atoms with van der Waals surface area (Å²) in [5.41, 5.74) is 0. The van der Waals surface area contributed by atoms with Crippen LogP contribution in [-0.4, -0.2) is 29.6 Å². The summed E-state index contributed by atoms with van der Waals surface area (Å²) in [6.07, 6.45) is 21.0. The van der Waals surface area contributed by atoms with Crippen LogP contribution in [0.25, 0.3) is 0 Å². The number of carbonyl (C=O) groups is 2. The van der Waals surface area contributed by atoms with Crippen molar-refractivity contribution >= 4 is 11.8 Å². The van der Waals surface area contributed by atoms with Crippen LogP contribution < -0.4 is 0 Å². The Kier molecular flexibility index (Phi) is 20.7. The molecular formula is C25H46O4. The molecule has 0 saturated carbocycles. The zero-order chi connectivity index (χ0) is 21.6. The zero-order valence-corrected chi connectivity index (χ0v) is 19.1. The molecule has 4 nitrogen and oxygen atoms in total. The first-order chi connectivity index (χ1) is 14.1. The van der Waals surface area contributed by atoms with Gasteiger partial charge < -0.3 is 14.6 Å². The minimum atomic E-state index is -0.235. The molecule has 0 aromatic heterocycles. The van der Waals surface area contributed by atoms with Gasteiger partial charge in [0.25, 0.3) is 0 Å². The highest BCUT2D eigenvalue weighted by Crippen LogP contribution is 2.11. The molecule has 0 aliphatic carbocycles. The molecule has 29 heavy (non-hydrogen) atoms. The first-order valence-electron chi connectivity index (χ1n) is 12.0. The summed E-state index contributed by atoms with van der Waals surface area (Å²) in [6, 6.07) is 0. The maximum atomic E-state index is 11.5. The highest BCUT2D eigenvalue weighted by atomic mass is 16.5. The topological polar surface area (TPSA) is 63.6 Å². The van der Waals surface area contributed by atoms with Crippen molar-refractivity contribution in [3.8, 4) is 0 Å². The molecule has 0 rings (SSSR count). The summed E-state index contributed by atoms with van der Waals surface area (Å²) >= 11 is 0. The van der Waals surface area contributed by atoms with Gasteiger partial charge in [0.2, 0.25) is 0 Å². The van der Waals surface area contributed by atoms with Crippen molar-refractivity contribution < 1.29 is 19.4 Å². The summed E-state index contributed by atoms with van der Waals surface area (Å²) in [5, 5.41) is 9.98. The van der Waals surface area contributed by atoms with E-state index in [4.69, 9.17) is 4.74 Å². The van der Waals surface area contributed by atoms with E-state index in [1.165, 1.54) is 19.3 Å². The summed E-state index contributed by atoms with van der Waals surface area (Å²) in [7, 11) is 0. The van der Waals surface area contributed by atoms with E-state index in [0.717, 1.165) is 77.0 Å². The number of aliphatic hydroxyl groups is 1. The number of ether oxygens (including phenoxy) is 1. The molecule has 170 valence electrons. The molecule has 0 aliphatic rings. The van der Waals surface area contributed by atoms with Crippen molar-refractivity contribution in [3.63, 3.8) is 0 Å². The molecule has 0 bridgehead atoms. The number of allylic oxidation sites excluding steroid dienone is 1. The van der Waals surface area contributed by atoms with Gasteiger partial charge in [0.1, 0.15) is 5.78 Å². The van der Waals surface area contributed by atoms with Crippen LogP contribution in [0, 0.1) is 0 Å². The molecule has 1 atom stereocenters. The predicted octanol–water partition coefficient (Wildman–Crippen LogP) is 6.69. The lowest BCUT2D eigenvalue weighted by Crippen LogP contribution is -2.05. The smallest absolute Gasteiger partial charge is 0.305 e. The Bertz CT molecular complexity index is 417. The molecule has 0 amide bonds. The number of rotatable bonds is 21. The van der Waals surface area contributed by atoms with Gasteiger partial charge in [-0.25, -0.2) is 0 Å². The lowest BCUT2D eigenvalue weighted by Gasteiger charge is -2.07. The average molecular weight is 411 g/mol. The monoisotopic (exact) mass is 410 g/mol. The van der Waals surface area contributed by atoms with Crippen LogP contribution in [0.1, 0.15) is 123 Å². The van der Waals surface area contributed by atoms with Crippen LogP contribution >= 0.6 is 0 Å². The van der Waals surface area contributed by atoms with Crippen LogP contribution in [0.2, 0.25) is 0 Å². The van der Waals surface area contributed by atoms with Crippen LogP contribution in [0.3, 0.4) is 0 Å². The maximum Gasteiger partial charge on any atom is 0.305 e. The van der Waals surface area contributed by atoms with Crippen molar-refractivity contribution in [2.24, 2.45) is 0 Å². The fourth-order valence-electron chi connectivity index (χ4n) is 3.27. The molecule has 0 radical (unpaired) electrons. The Balaban J connectivity index is 3.34. The van der Waals surface area contributed by atoms with Crippen molar-refractivity contribution in [2.45, 2.75) is 129 Å². The highest BCUT2D eigenvalue weighted by molar-refractivity contribution is 5.75. The summed E-state index contributed by atoms with van der Waals surface area (Å²) < 4.78 is 5.20. The van der Waals surface area contributed by atoms with Crippen LogP contribution in [0.5, 0.6) is 0 Å². The molecule has 0 aliphatic heterocycles. The van der Waals surface area contributed by atoms with Gasteiger partial charge in [-0.05, 0) is 51.9 Å². The van der Waals surface area contributed by atoms with Crippen molar-refractivity contribution in [2.75, 3.05) is 6.61 Å². The van der Waals surface area contributed by atoms with Crippen LogP contribution in [-0.2, 0) is 14.3 Å². The van der Waals surface area contributed by atoms with Gasteiger partial charge >= 0.3 is 5.97 Å². The van der Waals surface area contributed by atoms with Crippen molar-refractivity contribution in [1.82, 2.24) is 0 Å². The normalized spacial score (nSPS) is 12.4. The van der Waals surface area contributed by atoms with Crippen LogP contribution in [0.4, 0.5) is 0 Å². The number of Topliss-reactive ketones (excluding diaryl/α,β-unsaturated/α-hetero) is 1. The van der Waals surface area contributed by atoms with Gasteiger partial charge in [0, 0.05) is 12.8 Å². The molecule has 0 aromatic rings. The fraction of sp³-hybridized carbons (Fsp3) is 0.840. The SMILES string of the molecule is CCCCCOC(=O)CCCCCCC/C=C\C[C@H](O)CCCCCCC(C)=O. The third-order valence-electron chi connectivity index (χ3n) is 5.15. The Morgan fingerprint density at radius 2 is 1.48 bits per heavy atom. The number of ketones is 1. The Labute approximate surface area is 179 Å². The highest BCUT2D eigenvalue weighted by Gasteiger charge is 2.03. The van der Waals surface area contributed by atoms with Crippen LogP contribution in [0.15, 0.2) is 12.2 Å². The quantitative estimate of drug-likeness (QED) is 0.130. The standard InChI is InChI=1S/C25H46O4/c1-3-4-17-22-29-25(28)21-16-10-8-6-5-7-9-14-19-24(27)20-15-12-11-13-18-23(2)26/h9,14,24,27H,3-8,10-13,15-22H2,1-2H3/b14-9-/t24-/m0/s1. The van der Waals surface area contributed by atoms with E-state index in [1.54, 1.807) is 6.92 Å². The lowest BCUT2D eigenvalue weighted by molar-refractivity contribution is -0.143. The Morgan fingerprint density at radius 1 is 0.828 bits per heavy atom. The number of unbranched alkanes of at least 4 members (excludes halogenated alkanes) is 10. The van der Waals surface area contributed by atoms with E-state index in [9.17, 15) is 14.7 Å². The molecule has 0 aromatic carbocycles. The first kappa shape index (κ1) is 27.8. The third kappa shape index (κ3) is 23.0. The lowest BCUT2D eigenvalue weighted by atomic mass is 10.0. The Hall–Kier alpha value is -1.16. The van der Waals surface area contributed by atoms with E-state index in [1.807, 2.05) is 0 Å². The molecule has 4 heteroatoms. The first-order valence-corrected chi connectivity index (χ1v) is 12.0. The minimum Gasteiger partial charge on any atom is -0.466 e. The molecule has 1 N–H and O–H groups in total. The molecule has 0 saturated heterocycles. The minimum absolute atomic E-state index is 0.0429. The number of hydrogen-bond donors (Lipinski definition) is 1. The number of hydrogen-bond acceptors (Lipinski definition) is 4. The van der Waals surface area contributed by atoms with E-state index >= 15 is 0 Å². The molecule has 0 fully saturated rings. The summed E-state index contributed by atoms with van der Waals surface area (Å²) in [4.78, 5) is 22.4. The Morgan fingerprint density at radius 3 is 2.21 bits per heavy atom. The fourth-order valence-corrected chi connectivity index (χ4v) is 3.27. The maximum absolute atomic E-state index is 11.5.